The minimum Gasteiger partial charge on any atom is -0.465 e. The predicted octanol–water partition coefficient (Wildman–Crippen LogP) is 2.95. The van der Waals surface area contributed by atoms with Crippen LogP contribution in [-0.2, 0) is 0 Å². The molecule has 1 heterocycles. The fourth-order valence-electron chi connectivity index (χ4n) is 0.550. The van der Waals surface area contributed by atoms with E-state index >= 15 is 0 Å². The lowest BCUT2D eigenvalue weighted by molar-refractivity contribution is 0.557. The minimum absolute atomic E-state index is 0. The zero-order valence-electron chi connectivity index (χ0n) is 4.79. The van der Waals surface area contributed by atoms with Crippen LogP contribution < -0.4 is 0 Å². The molecule has 0 bridgehead atoms. The van der Waals surface area contributed by atoms with Gasteiger partial charge in [0.15, 0.2) is 0 Å². The van der Waals surface area contributed by atoms with Gasteiger partial charge in [-0.1, -0.05) is 13.5 Å². The van der Waals surface area contributed by atoms with Gasteiger partial charge in [0.2, 0.25) is 0 Å². The average Bonchev–Trinajstić information content (AvgIpc) is 2.19. The highest BCUT2D eigenvalue weighted by Gasteiger charge is 1.81. The highest BCUT2D eigenvalue weighted by atomic mass is 16.3. The first-order chi connectivity index (χ1) is 3.93. The van der Waals surface area contributed by atoms with E-state index in [1.165, 1.54) is 0 Å². The maximum atomic E-state index is 4.99. The van der Waals surface area contributed by atoms with E-state index in [1.54, 1.807) is 6.26 Å². The Morgan fingerprint density at radius 3 is 2.78 bits per heavy atom. The normalized spacial score (nSPS) is 9.44. The van der Waals surface area contributed by atoms with Gasteiger partial charge < -0.3 is 4.42 Å². The van der Waals surface area contributed by atoms with Gasteiger partial charge in [0, 0.05) is 0 Å². The lowest BCUT2D eigenvalue weighted by Crippen LogP contribution is -1.54. The van der Waals surface area contributed by atoms with E-state index in [0.717, 1.165) is 5.76 Å². The summed E-state index contributed by atoms with van der Waals surface area (Å²) < 4.78 is 4.99. The van der Waals surface area contributed by atoms with E-state index < -0.39 is 0 Å². The summed E-state index contributed by atoms with van der Waals surface area (Å²) in [5, 5.41) is 0. The molecule has 0 aliphatic carbocycles. The second-order valence-electron chi connectivity index (χ2n) is 1.52. The van der Waals surface area contributed by atoms with E-state index in [1.807, 2.05) is 31.2 Å². The quantitative estimate of drug-likeness (QED) is 0.561. The number of hydrogen-bond acceptors (Lipinski definition) is 1. The molecule has 9 heavy (non-hydrogen) atoms. The Balaban J connectivity index is 0.000000640. The van der Waals surface area contributed by atoms with Crippen LogP contribution in [0.3, 0.4) is 0 Å². The van der Waals surface area contributed by atoms with E-state index in [0.29, 0.717) is 0 Å². The molecule has 0 spiro atoms. The van der Waals surface area contributed by atoms with Crippen LogP contribution in [0.5, 0.6) is 0 Å². The summed E-state index contributed by atoms with van der Waals surface area (Å²) in [6, 6.07) is 3.79. The van der Waals surface area contributed by atoms with Crippen LogP contribution in [-0.4, -0.2) is 0 Å². The second kappa shape index (κ2) is 3.96. The summed E-state index contributed by atoms with van der Waals surface area (Å²) in [5.41, 5.74) is 0. The second-order valence-corrected chi connectivity index (χ2v) is 1.52. The fourth-order valence-corrected chi connectivity index (χ4v) is 0.550. The highest BCUT2D eigenvalue weighted by molar-refractivity contribution is 5.41. The van der Waals surface area contributed by atoms with Crippen LogP contribution in [0, 0.1) is 0 Å². The molecule has 1 heteroatoms. The van der Waals surface area contributed by atoms with E-state index in [9.17, 15) is 0 Å². The van der Waals surface area contributed by atoms with Crippen molar-refractivity contribution in [2.45, 2.75) is 14.4 Å². The Bertz CT molecular complexity index is 161. The van der Waals surface area contributed by atoms with Gasteiger partial charge in [-0.3, -0.25) is 0 Å². The van der Waals surface area contributed by atoms with Gasteiger partial charge in [0.25, 0.3) is 0 Å². The van der Waals surface area contributed by atoms with Crippen LogP contribution in [0.25, 0.3) is 6.08 Å². The number of allylic oxidation sites excluding steroid dienone is 1. The maximum Gasteiger partial charge on any atom is 0.126 e. The third kappa shape index (κ3) is 2.17. The van der Waals surface area contributed by atoms with Gasteiger partial charge in [0.1, 0.15) is 5.76 Å². The number of rotatable bonds is 1. The van der Waals surface area contributed by atoms with Crippen molar-refractivity contribution in [1.29, 1.82) is 0 Å². The van der Waals surface area contributed by atoms with Crippen molar-refractivity contribution in [1.82, 2.24) is 0 Å². The summed E-state index contributed by atoms with van der Waals surface area (Å²) in [6.45, 7) is 1.96. The zero-order valence-corrected chi connectivity index (χ0v) is 4.79. The highest BCUT2D eigenvalue weighted by Crippen LogP contribution is 2.00. The van der Waals surface area contributed by atoms with Gasteiger partial charge in [-0.15, -0.1) is 0 Å². The Morgan fingerprint density at radius 1 is 1.56 bits per heavy atom. The van der Waals surface area contributed by atoms with Gasteiger partial charge in [-0.2, -0.15) is 0 Å². The summed E-state index contributed by atoms with van der Waals surface area (Å²) in [4.78, 5) is 0. The smallest absolute Gasteiger partial charge is 0.126 e. The zero-order chi connectivity index (χ0) is 5.82. The molecular formula is C8H12O. The van der Waals surface area contributed by atoms with E-state index in [2.05, 4.69) is 0 Å². The molecule has 0 saturated heterocycles. The molecule has 0 unspecified atom stereocenters. The Hall–Kier alpha value is -0.980. The molecular weight excluding hydrogens is 112 g/mol. The topological polar surface area (TPSA) is 13.1 Å². The minimum atomic E-state index is 0. The van der Waals surface area contributed by atoms with Crippen molar-refractivity contribution in [3.05, 3.63) is 30.2 Å². The van der Waals surface area contributed by atoms with Crippen molar-refractivity contribution >= 4 is 6.08 Å². The Labute approximate surface area is 56.0 Å². The molecule has 1 aromatic heterocycles. The lowest BCUT2D eigenvalue weighted by Gasteiger charge is -1.76. The summed E-state index contributed by atoms with van der Waals surface area (Å²) in [7, 11) is 0. The van der Waals surface area contributed by atoms with Crippen molar-refractivity contribution in [3.63, 3.8) is 0 Å². The van der Waals surface area contributed by atoms with Gasteiger partial charge in [-0.05, 0) is 25.1 Å². The molecule has 50 valence electrons. The predicted molar refractivity (Wildman–Crippen MR) is 40.1 cm³/mol. The summed E-state index contributed by atoms with van der Waals surface area (Å²) >= 11 is 0. The number of furan rings is 1. The summed E-state index contributed by atoms with van der Waals surface area (Å²) in [6.07, 6.45) is 5.52. The van der Waals surface area contributed by atoms with Crippen LogP contribution in [0.15, 0.2) is 28.9 Å². The summed E-state index contributed by atoms with van der Waals surface area (Å²) in [5.74, 6) is 0.910. The molecule has 1 aromatic rings. The molecule has 0 aliphatic rings. The van der Waals surface area contributed by atoms with Crippen molar-refractivity contribution in [2.75, 3.05) is 0 Å². The fraction of sp³-hybridized carbons (Fsp3) is 0.250. The maximum absolute atomic E-state index is 4.99. The molecule has 0 radical (unpaired) electrons. The average molecular weight is 124 g/mol. The SMILES string of the molecule is C.CC=Cc1ccco1. The van der Waals surface area contributed by atoms with Gasteiger partial charge in [0.05, 0.1) is 6.26 Å². The largest absolute Gasteiger partial charge is 0.465 e. The van der Waals surface area contributed by atoms with Crippen molar-refractivity contribution in [3.8, 4) is 0 Å². The molecule has 1 nitrogen and oxygen atoms in total. The molecule has 0 aromatic carbocycles. The van der Waals surface area contributed by atoms with E-state index in [4.69, 9.17) is 4.42 Å². The standard InChI is InChI=1S/C7H8O.CH4/c1-2-4-7-5-3-6-8-7;/h2-6H,1H3;1H4. The molecule has 0 fully saturated rings. The first kappa shape index (κ1) is 8.02. The first-order valence-electron chi connectivity index (χ1n) is 2.59. The lowest BCUT2D eigenvalue weighted by atomic mass is 10.4. The molecule has 0 saturated carbocycles. The van der Waals surface area contributed by atoms with Gasteiger partial charge >= 0.3 is 0 Å². The third-order valence-electron chi connectivity index (χ3n) is 0.874. The Kier molecular flexibility index (Phi) is 3.52. The third-order valence-corrected chi connectivity index (χ3v) is 0.874. The molecule has 0 atom stereocenters. The monoisotopic (exact) mass is 124 g/mol. The van der Waals surface area contributed by atoms with Gasteiger partial charge in [-0.25, -0.2) is 0 Å². The van der Waals surface area contributed by atoms with Crippen LogP contribution in [0.1, 0.15) is 20.1 Å². The number of hydrogen-bond donors (Lipinski definition) is 0. The van der Waals surface area contributed by atoms with Crippen molar-refractivity contribution < 1.29 is 4.42 Å². The van der Waals surface area contributed by atoms with Crippen LogP contribution in [0.2, 0.25) is 0 Å². The molecule has 0 aliphatic heterocycles. The van der Waals surface area contributed by atoms with Crippen molar-refractivity contribution in [2.24, 2.45) is 0 Å². The van der Waals surface area contributed by atoms with Crippen LogP contribution >= 0.6 is 0 Å². The first-order valence-corrected chi connectivity index (χ1v) is 2.59. The van der Waals surface area contributed by atoms with E-state index in [-0.39, 0.29) is 7.43 Å². The van der Waals surface area contributed by atoms with Crippen LogP contribution in [0.4, 0.5) is 0 Å². The Morgan fingerprint density at radius 2 is 2.33 bits per heavy atom. The molecule has 0 amide bonds. The molecule has 0 N–H and O–H groups in total. The molecule has 1 rings (SSSR count).